The molecule has 168 valence electrons. The van der Waals surface area contributed by atoms with E-state index in [2.05, 4.69) is 15.2 Å². The van der Waals surface area contributed by atoms with Gasteiger partial charge in [0.2, 0.25) is 6.79 Å². The number of thioether (sulfide) groups is 1. The van der Waals surface area contributed by atoms with E-state index in [0.29, 0.717) is 23.3 Å². The second-order valence-corrected chi connectivity index (χ2v) is 8.37. The Hall–Kier alpha value is -3.40. The van der Waals surface area contributed by atoms with E-state index in [0.717, 1.165) is 28.3 Å². The largest absolute Gasteiger partial charge is 0.454 e. The van der Waals surface area contributed by atoms with Crippen molar-refractivity contribution in [2.45, 2.75) is 17.9 Å². The molecular weight excluding hydrogens is 440 g/mol. The summed E-state index contributed by atoms with van der Waals surface area (Å²) in [4.78, 5) is 4.20. The van der Waals surface area contributed by atoms with Crippen LogP contribution in [0.15, 0.2) is 78.2 Å². The topological polar surface area (TPSA) is 91.5 Å². The van der Waals surface area contributed by atoms with Crippen LogP contribution in [0.25, 0.3) is 17.1 Å². The number of hydrogen-bond acceptors (Lipinski definition) is 8. The fourth-order valence-electron chi connectivity index (χ4n) is 3.42. The van der Waals surface area contributed by atoms with Crippen LogP contribution in [0.5, 0.6) is 11.5 Å². The van der Waals surface area contributed by atoms with E-state index in [1.807, 2.05) is 65.2 Å². The Morgan fingerprint density at radius 3 is 2.76 bits per heavy atom. The first-order valence-corrected chi connectivity index (χ1v) is 11.4. The van der Waals surface area contributed by atoms with Crippen LogP contribution >= 0.6 is 11.8 Å². The van der Waals surface area contributed by atoms with E-state index < -0.39 is 6.10 Å². The Labute approximate surface area is 195 Å². The van der Waals surface area contributed by atoms with Crippen molar-refractivity contribution < 1.29 is 19.3 Å². The standard InChI is InChI=1S/C24H22N4O4S/c29-20(14-30-13-17-8-9-21-22(11-17)32-16-31-21)15-33-24-27-26-23(18-5-4-10-25-12-18)28(24)19-6-2-1-3-7-19/h1-12,20,29H,13-16H2/t20-/m0/s1. The van der Waals surface area contributed by atoms with E-state index >= 15 is 0 Å². The van der Waals surface area contributed by atoms with Gasteiger partial charge in [0.1, 0.15) is 0 Å². The third-order valence-electron chi connectivity index (χ3n) is 4.99. The average Bonchev–Trinajstić information content (AvgIpc) is 3.50. The summed E-state index contributed by atoms with van der Waals surface area (Å²) in [5.41, 5.74) is 2.77. The summed E-state index contributed by atoms with van der Waals surface area (Å²) < 4.78 is 18.4. The van der Waals surface area contributed by atoms with Gasteiger partial charge in [-0.3, -0.25) is 9.55 Å². The maximum atomic E-state index is 10.5. The highest BCUT2D eigenvalue weighted by Crippen LogP contribution is 2.32. The van der Waals surface area contributed by atoms with Crippen molar-refractivity contribution in [1.82, 2.24) is 19.7 Å². The Morgan fingerprint density at radius 1 is 1.03 bits per heavy atom. The summed E-state index contributed by atoms with van der Waals surface area (Å²) >= 11 is 1.43. The van der Waals surface area contributed by atoms with E-state index in [1.54, 1.807) is 12.4 Å². The van der Waals surface area contributed by atoms with Crippen molar-refractivity contribution in [1.29, 1.82) is 0 Å². The lowest BCUT2D eigenvalue weighted by atomic mass is 10.2. The van der Waals surface area contributed by atoms with Crippen molar-refractivity contribution in [3.8, 4) is 28.6 Å². The minimum atomic E-state index is -0.660. The Kier molecular flexibility index (Phi) is 6.52. The Balaban J connectivity index is 1.22. The normalized spacial score (nSPS) is 13.2. The lowest BCUT2D eigenvalue weighted by Crippen LogP contribution is -2.18. The van der Waals surface area contributed by atoms with Gasteiger partial charge in [-0.25, -0.2) is 0 Å². The number of fused-ring (bicyclic) bond motifs is 1. The van der Waals surface area contributed by atoms with Gasteiger partial charge in [0.25, 0.3) is 0 Å². The lowest BCUT2D eigenvalue weighted by molar-refractivity contribution is 0.0397. The first-order valence-electron chi connectivity index (χ1n) is 10.5. The van der Waals surface area contributed by atoms with Crippen molar-refractivity contribution in [3.05, 3.63) is 78.6 Å². The van der Waals surface area contributed by atoms with E-state index in [-0.39, 0.29) is 13.4 Å². The molecule has 4 aromatic rings. The number of aliphatic hydroxyl groups is 1. The maximum Gasteiger partial charge on any atom is 0.231 e. The molecule has 1 aliphatic heterocycles. The molecule has 33 heavy (non-hydrogen) atoms. The van der Waals surface area contributed by atoms with Gasteiger partial charge >= 0.3 is 0 Å². The number of para-hydroxylation sites is 1. The van der Waals surface area contributed by atoms with Crippen LogP contribution in [-0.4, -0.2) is 50.1 Å². The Morgan fingerprint density at radius 2 is 1.91 bits per heavy atom. The summed E-state index contributed by atoms with van der Waals surface area (Å²) in [6.45, 7) is 0.825. The number of rotatable bonds is 9. The SMILES string of the molecule is O[C@@H](COCc1ccc2c(c1)OCO2)CSc1nnc(-c2cccnc2)n1-c1ccccc1. The molecule has 2 aromatic heterocycles. The van der Waals surface area contributed by atoms with E-state index in [1.165, 1.54) is 11.8 Å². The molecule has 1 atom stereocenters. The number of aliphatic hydroxyl groups excluding tert-OH is 1. The summed E-state index contributed by atoms with van der Waals surface area (Å²) in [6, 6.07) is 19.4. The molecule has 0 radical (unpaired) electrons. The van der Waals surface area contributed by atoms with Crippen molar-refractivity contribution in [2.75, 3.05) is 19.2 Å². The number of hydrogen-bond donors (Lipinski definition) is 1. The molecular formula is C24H22N4O4S. The van der Waals surface area contributed by atoms with Crippen LogP contribution in [0.2, 0.25) is 0 Å². The molecule has 0 bridgehead atoms. The van der Waals surface area contributed by atoms with Gasteiger partial charge in [-0.05, 0) is 42.0 Å². The van der Waals surface area contributed by atoms with E-state index in [4.69, 9.17) is 14.2 Å². The van der Waals surface area contributed by atoms with Gasteiger partial charge < -0.3 is 19.3 Å². The van der Waals surface area contributed by atoms with Crippen molar-refractivity contribution in [3.63, 3.8) is 0 Å². The zero-order chi connectivity index (χ0) is 22.5. The minimum absolute atomic E-state index is 0.205. The second-order valence-electron chi connectivity index (χ2n) is 7.39. The molecule has 8 nitrogen and oxygen atoms in total. The first kappa shape index (κ1) is 21.4. The number of ether oxygens (including phenoxy) is 3. The molecule has 1 N–H and O–H groups in total. The van der Waals surface area contributed by atoms with Gasteiger partial charge in [0.05, 0.1) is 19.3 Å². The fraction of sp³-hybridized carbons (Fsp3) is 0.208. The van der Waals surface area contributed by atoms with Crippen LogP contribution in [0.3, 0.4) is 0 Å². The Bertz CT molecular complexity index is 1200. The van der Waals surface area contributed by atoms with Crippen LogP contribution in [0.4, 0.5) is 0 Å². The lowest BCUT2D eigenvalue weighted by Gasteiger charge is -2.13. The van der Waals surface area contributed by atoms with Gasteiger partial charge in [0, 0.05) is 29.4 Å². The van der Waals surface area contributed by atoms with Crippen molar-refractivity contribution >= 4 is 11.8 Å². The highest BCUT2D eigenvalue weighted by atomic mass is 32.2. The molecule has 0 aliphatic carbocycles. The molecule has 0 amide bonds. The van der Waals surface area contributed by atoms with Gasteiger partial charge in [-0.15, -0.1) is 10.2 Å². The predicted molar refractivity (Wildman–Crippen MR) is 124 cm³/mol. The van der Waals surface area contributed by atoms with Crippen LogP contribution in [0, 0.1) is 0 Å². The van der Waals surface area contributed by atoms with Gasteiger partial charge in [-0.2, -0.15) is 0 Å². The highest BCUT2D eigenvalue weighted by Gasteiger charge is 2.18. The molecule has 2 aromatic carbocycles. The minimum Gasteiger partial charge on any atom is -0.454 e. The maximum absolute atomic E-state index is 10.5. The fourth-order valence-corrected chi connectivity index (χ4v) is 4.27. The van der Waals surface area contributed by atoms with Gasteiger partial charge in [-0.1, -0.05) is 36.0 Å². The predicted octanol–water partition coefficient (Wildman–Crippen LogP) is 3.73. The quantitative estimate of drug-likeness (QED) is 0.376. The van der Waals surface area contributed by atoms with Crippen LogP contribution < -0.4 is 9.47 Å². The van der Waals surface area contributed by atoms with Crippen molar-refractivity contribution in [2.24, 2.45) is 0 Å². The molecule has 5 rings (SSSR count). The molecule has 9 heteroatoms. The van der Waals surface area contributed by atoms with E-state index in [9.17, 15) is 5.11 Å². The molecule has 0 unspecified atom stereocenters. The zero-order valence-electron chi connectivity index (χ0n) is 17.7. The number of pyridine rings is 1. The number of aromatic nitrogens is 4. The van der Waals surface area contributed by atoms with Crippen LogP contribution in [-0.2, 0) is 11.3 Å². The number of benzene rings is 2. The number of nitrogens with zero attached hydrogens (tertiary/aromatic N) is 4. The molecule has 1 aliphatic rings. The smallest absolute Gasteiger partial charge is 0.231 e. The summed E-state index contributed by atoms with van der Waals surface area (Å²) in [7, 11) is 0. The molecule has 3 heterocycles. The monoisotopic (exact) mass is 462 g/mol. The second kappa shape index (κ2) is 10.0. The average molecular weight is 463 g/mol. The molecule has 0 fully saturated rings. The first-order chi connectivity index (χ1) is 16.3. The van der Waals surface area contributed by atoms with Gasteiger partial charge in [0.15, 0.2) is 22.5 Å². The molecule has 0 saturated heterocycles. The van der Waals surface area contributed by atoms with Crippen LogP contribution in [0.1, 0.15) is 5.56 Å². The molecule has 0 spiro atoms. The zero-order valence-corrected chi connectivity index (χ0v) is 18.5. The summed E-state index contributed by atoms with van der Waals surface area (Å²) in [5, 5.41) is 19.9. The summed E-state index contributed by atoms with van der Waals surface area (Å²) in [5.74, 6) is 2.57. The summed E-state index contributed by atoms with van der Waals surface area (Å²) in [6.07, 6.45) is 2.82. The third-order valence-corrected chi connectivity index (χ3v) is 6.06. The molecule has 0 saturated carbocycles. The highest BCUT2D eigenvalue weighted by molar-refractivity contribution is 7.99. The third kappa shape index (κ3) is 5.00.